The maximum atomic E-state index is 12.6. The number of aryl methyl sites for hydroxylation is 1. The van der Waals surface area contributed by atoms with Crippen molar-refractivity contribution in [3.8, 4) is 0 Å². The highest BCUT2D eigenvalue weighted by Gasteiger charge is 2.27. The number of rotatable bonds is 8. The Morgan fingerprint density at radius 1 is 1.50 bits per heavy atom. The van der Waals surface area contributed by atoms with E-state index < -0.39 is 6.04 Å². The van der Waals surface area contributed by atoms with Crippen LogP contribution in [0.2, 0.25) is 0 Å². The highest BCUT2D eigenvalue weighted by molar-refractivity contribution is 5.83. The first-order valence-corrected chi connectivity index (χ1v) is 7.08. The Kier molecular flexibility index (Phi) is 6.67. The lowest BCUT2D eigenvalue weighted by Gasteiger charge is -2.32. The van der Waals surface area contributed by atoms with Crippen molar-refractivity contribution in [3.63, 3.8) is 0 Å². The number of hydrogen-bond acceptors (Lipinski definition) is 4. The molecule has 0 aliphatic heterocycles. The summed E-state index contributed by atoms with van der Waals surface area (Å²) < 4.78 is 6.75. The van der Waals surface area contributed by atoms with Gasteiger partial charge in [0, 0.05) is 38.5 Å². The Morgan fingerprint density at radius 2 is 2.15 bits per heavy atom. The lowest BCUT2D eigenvalue weighted by molar-refractivity contribution is -0.136. The number of carbonyl (C=O) groups is 1. The molecule has 1 heterocycles. The van der Waals surface area contributed by atoms with Gasteiger partial charge in [0.15, 0.2) is 0 Å². The van der Waals surface area contributed by atoms with Crippen molar-refractivity contribution < 1.29 is 9.53 Å². The third-order valence-electron chi connectivity index (χ3n) is 3.55. The molecule has 0 fully saturated rings. The van der Waals surface area contributed by atoms with Crippen LogP contribution in [0.1, 0.15) is 38.3 Å². The molecule has 6 nitrogen and oxygen atoms in total. The summed E-state index contributed by atoms with van der Waals surface area (Å²) in [4.78, 5) is 14.5. The number of carbonyl (C=O) groups excluding carboxylic acids is 1. The molecule has 0 spiro atoms. The van der Waals surface area contributed by atoms with Crippen LogP contribution in [0, 0.1) is 0 Å². The molecule has 1 rings (SSSR count). The summed E-state index contributed by atoms with van der Waals surface area (Å²) in [6, 6.07) is -0.471. The van der Waals surface area contributed by atoms with Crippen LogP contribution in [0.4, 0.5) is 0 Å². The van der Waals surface area contributed by atoms with Crippen LogP contribution in [0.25, 0.3) is 0 Å². The minimum Gasteiger partial charge on any atom is -0.383 e. The van der Waals surface area contributed by atoms with Gasteiger partial charge < -0.3 is 15.4 Å². The lowest BCUT2D eigenvalue weighted by atomic mass is 10.1. The van der Waals surface area contributed by atoms with Crippen molar-refractivity contribution >= 4 is 5.91 Å². The zero-order valence-corrected chi connectivity index (χ0v) is 12.9. The van der Waals surface area contributed by atoms with E-state index in [1.165, 1.54) is 0 Å². The maximum absolute atomic E-state index is 12.6. The summed E-state index contributed by atoms with van der Waals surface area (Å²) in [5.41, 5.74) is 6.83. The van der Waals surface area contributed by atoms with Gasteiger partial charge in [0.2, 0.25) is 5.91 Å². The van der Waals surface area contributed by atoms with Gasteiger partial charge in [0.1, 0.15) is 6.04 Å². The minimum absolute atomic E-state index is 0.0660. The fourth-order valence-corrected chi connectivity index (χ4v) is 2.31. The average molecular weight is 282 g/mol. The minimum atomic E-state index is -0.666. The molecule has 2 N–H and O–H groups in total. The molecule has 0 saturated carbocycles. The molecule has 1 atom stereocenters. The van der Waals surface area contributed by atoms with Crippen molar-refractivity contribution in [2.45, 2.75) is 38.8 Å². The maximum Gasteiger partial charge on any atom is 0.244 e. The standard InChI is InChI=1S/C14H26N4O2/c1-5-12(6-2)18(7-8-20-4)14(19)13(15)11-9-16-17(3)10-11/h9-10,12-13H,5-8,15H2,1-4H3. The zero-order valence-electron chi connectivity index (χ0n) is 12.9. The molecular weight excluding hydrogens is 256 g/mol. The van der Waals surface area contributed by atoms with Crippen molar-refractivity contribution in [3.05, 3.63) is 18.0 Å². The van der Waals surface area contributed by atoms with Crippen LogP contribution in [0.3, 0.4) is 0 Å². The molecule has 1 unspecified atom stereocenters. The molecule has 1 amide bonds. The van der Waals surface area contributed by atoms with Gasteiger partial charge >= 0.3 is 0 Å². The van der Waals surface area contributed by atoms with Gasteiger partial charge in [0.05, 0.1) is 12.8 Å². The Labute approximate surface area is 120 Å². The molecule has 1 aromatic rings. The second kappa shape index (κ2) is 8.01. The Morgan fingerprint density at radius 3 is 2.60 bits per heavy atom. The molecular formula is C14H26N4O2. The Bertz CT molecular complexity index is 415. The van der Waals surface area contributed by atoms with E-state index in [-0.39, 0.29) is 11.9 Å². The van der Waals surface area contributed by atoms with Crippen LogP contribution < -0.4 is 5.73 Å². The summed E-state index contributed by atoms with van der Waals surface area (Å²) in [6.45, 7) is 5.24. The second-order valence-corrected chi connectivity index (χ2v) is 4.92. The normalized spacial score (nSPS) is 12.7. The van der Waals surface area contributed by atoms with Gasteiger partial charge in [-0.05, 0) is 12.8 Å². The topological polar surface area (TPSA) is 73.4 Å². The van der Waals surface area contributed by atoms with E-state index >= 15 is 0 Å². The number of ether oxygens (including phenoxy) is 1. The van der Waals surface area contributed by atoms with Crippen LogP contribution in [0.15, 0.2) is 12.4 Å². The quantitative estimate of drug-likeness (QED) is 0.774. The highest BCUT2D eigenvalue weighted by atomic mass is 16.5. The molecule has 0 radical (unpaired) electrons. The molecule has 0 bridgehead atoms. The average Bonchev–Trinajstić information content (AvgIpc) is 2.88. The third-order valence-corrected chi connectivity index (χ3v) is 3.55. The number of nitrogens with zero attached hydrogens (tertiary/aromatic N) is 3. The highest BCUT2D eigenvalue weighted by Crippen LogP contribution is 2.17. The lowest BCUT2D eigenvalue weighted by Crippen LogP contribution is -2.46. The van der Waals surface area contributed by atoms with E-state index in [4.69, 9.17) is 10.5 Å². The molecule has 0 saturated heterocycles. The largest absolute Gasteiger partial charge is 0.383 e. The van der Waals surface area contributed by atoms with E-state index in [1.807, 2.05) is 11.9 Å². The first-order valence-electron chi connectivity index (χ1n) is 7.08. The molecule has 6 heteroatoms. The van der Waals surface area contributed by atoms with Crippen molar-refractivity contribution in [2.75, 3.05) is 20.3 Å². The van der Waals surface area contributed by atoms with Gasteiger partial charge in [-0.3, -0.25) is 9.48 Å². The molecule has 0 aliphatic rings. The number of methoxy groups -OCH3 is 1. The summed E-state index contributed by atoms with van der Waals surface area (Å²) >= 11 is 0. The van der Waals surface area contributed by atoms with Gasteiger partial charge in [-0.2, -0.15) is 5.10 Å². The summed E-state index contributed by atoms with van der Waals surface area (Å²) in [5.74, 6) is -0.0660. The van der Waals surface area contributed by atoms with E-state index in [0.717, 1.165) is 18.4 Å². The van der Waals surface area contributed by atoms with Crippen LogP contribution in [-0.2, 0) is 16.6 Å². The van der Waals surface area contributed by atoms with Gasteiger partial charge in [0.25, 0.3) is 0 Å². The van der Waals surface area contributed by atoms with E-state index in [9.17, 15) is 4.79 Å². The number of hydrogen-bond donors (Lipinski definition) is 1. The third kappa shape index (κ3) is 4.05. The first kappa shape index (κ1) is 16.7. The van der Waals surface area contributed by atoms with Crippen LogP contribution in [0.5, 0.6) is 0 Å². The molecule has 114 valence electrons. The van der Waals surface area contributed by atoms with Gasteiger partial charge in [-0.15, -0.1) is 0 Å². The van der Waals surface area contributed by atoms with Crippen molar-refractivity contribution in [1.82, 2.24) is 14.7 Å². The number of amides is 1. The molecule has 0 aliphatic carbocycles. The fraction of sp³-hybridized carbons (Fsp3) is 0.714. The predicted octanol–water partition coefficient (Wildman–Crippen LogP) is 1.08. The molecule has 1 aromatic heterocycles. The smallest absolute Gasteiger partial charge is 0.244 e. The van der Waals surface area contributed by atoms with E-state index in [2.05, 4.69) is 18.9 Å². The van der Waals surface area contributed by atoms with Crippen LogP contribution in [-0.4, -0.2) is 46.9 Å². The monoisotopic (exact) mass is 282 g/mol. The molecule has 0 aromatic carbocycles. The first-order chi connectivity index (χ1) is 9.54. The Hall–Kier alpha value is -1.40. The Balaban J connectivity index is 2.85. The number of aromatic nitrogens is 2. The number of nitrogens with two attached hydrogens (primary N) is 1. The van der Waals surface area contributed by atoms with E-state index in [1.54, 1.807) is 24.2 Å². The summed E-state index contributed by atoms with van der Waals surface area (Å²) in [6.07, 6.45) is 5.24. The predicted molar refractivity (Wildman–Crippen MR) is 78.1 cm³/mol. The van der Waals surface area contributed by atoms with E-state index in [0.29, 0.717) is 13.2 Å². The SMILES string of the molecule is CCC(CC)N(CCOC)C(=O)C(N)c1cnn(C)c1. The van der Waals surface area contributed by atoms with Crippen molar-refractivity contribution in [1.29, 1.82) is 0 Å². The zero-order chi connectivity index (χ0) is 15.1. The van der Waals surface area contributed by atoms with Crippen molar-refractivity contribution in [2.24, 2.45) is 12.8 Å². The van der Waals surface area contributed by atoms with Crippen LogP contribution >= 0.6 is 0 Å². The summed E-state index contributed by atoms with van der Waals surface area (Å²) in [7, 11) is 3.45. The fourth-order valence-electron chi connectivity index (χ4n) is 2.31. The second-order valence-electron chi connectivity index (χ2n) is 4.92. The van der Waals surface area contributed by atoms with Gasteiger partial charge in [-0.1, -0.05) is 13.8 Å². The molecule has 20 heavy (non-hydrogen) atoms. The van der Waals surface area contributed by atoms with Gasteiger partial charge in [-0.25, -0.2) is 0 Å². The summed E-state index contributed by atoms with van der Waals surface area (Å²) in [5, 5.41) is 4.07.